The lowest BCUT2D eigenvalue weighted by Crippen LogP contribution is -2.24. The lowest BCUT2D eigenvalue weighted by molar-refractivity contribution is -0.121. The first-order valence-electron chi connectivity index (χ1n) is 8.61. The van der Waals surface area contributed by atoms with Gasteiger partial charge in [-0.25, -0.2) is 4.68 Å². The topological polar surface area (TPSA) is 89.7 Å². The molecule has 1 amide bonds. The minimum atomic E-state index is -0.0131. The number of halogens is 1. The molecule has 8 nitrogen and oxygen atoms in total. The van der Waals surface area contributed by atoms with Gasteiger partial charge in [0.25, 0.3) is 0 Å². The van der Waals surface area contributed by atoms with E-state index in [2.05, 4.69) is 32.1 Å². The third kappa shape index (κ3) is 4.03. The van der Waals surface area contributed by atoms with Gasteiger partial charge in [0.05, 0.1) is 30.0 Å². The van der Waals surface area contributed by atoms with Crippen molar-refractivity contribution in [3.63, 3.8) is 0 Å². The molecule has 0 fully saturated rings. The van der Waals surface area contributed by atoms with Gasteiger partial charge in [-0.1, -0.05) is 17.3 Å². The van der Waals surface area contributed by atoms with Gasteiger partial charge in [0.1, 0.15) is 5.52 Å². The second-order valence-electron chi connectivity index (χ2n) is 6.21. The van der Waals surface area contributed by atoms with Crippen LogP contribution in [0.3, 0.4) is 0 Å². The van der Waals surface area contributed by atoms with Gasteiger partial charge < -0.3 is 10.6 Å². The molecule has 26 heavy (non-hydrogen) atoms. The Kier molecular flexibility index (Phi) is 5.85. The Bertz CT molecular complexity index is 865. The SMILES string of the molecule is Cl.O=C(CCn1nnc2ccccc21)NCc1cc2n(n1)CCCNC2. The van der Waals surface area contributed by atoms with E-state index in [0.717, 1.165) is 42.8 Å². The van der Waals surface area contributed by atoms with Crippen molar-refractivity contribution in [2.24, 2.45) is 0 Å². The maximum atomic E-state index is 12.1. The van der Waals surface area contributed by atoms with Crippen molar-refractivity contribution in [1.29, 1.82) is 0 Å². The van der Waals surface area contributed by atoms with Crippen LogP contribution in [0.4, 0.5) is 0 Å². The normalized spacial score (nSPS) is 13.7. The fourth-order valence-electron chi connectivity index (χ4n) is 3.08. The van der Waals surface area contributed by atoms with E-state index in [0.29, 0.717) is 19.5 Å². The second kappa shape index (κ2) is 8.29. The Labute approximate surface area is 157 Å². The average molecular weight is 376 g/mol. The number of aryl methyl sites for hydroxylation is 2. The van der Waals surface area contributed by atoms with Crippen molar-refractivity contribution in [3.8, 4) is 0 Å². The number of amides is 1. The quantitative estimate of drug-likeness (QED) is 0.700. The average Bonchev–Trinajstić information content (AvgIpc) is 3.16. The Morgan fingerprint density at radius 1 is 1.31 bits per heavy atom. The molecule has 3 heterocycles. The van der Waals surface area contributed by atoms with E-state index in [4.69, 9.17) is 0 Å². The molecular formula is C17H22ClN7O. The van der Waals surface area contributed by atoms with Crippen molar-refractivity contribution < 1.29 is 4.79 Å². The zero-order valence-corrected chi connectivity index (χ0v) is 15.2. The number of fused-ring (bicyclic) bond motifs is 2. The van der Waals surface area contributed by atoms with Crippen LogP contribution in [0.5, 0.6) is 0 Å². The summed E-state index contributed by atoms with van der Waals surface area (Å²) in [5, 5.41) is 19.1. The number of benzene rings is 1. The summed E-state index contributed by atoms with van der Waals surface area (Å²) in [4.78, 5) is 12.1. The number of rotatable bonds is 5. The van der Waals surface area contributed by atoms with Gasteiger partial charge in [0, 0.05) is 19.5 Å². The predicted molar refractivity (Wildman–Crippen MR) is 99.8 cm³/mol. The molecule has 0 atom stereocenters. The number of carbonyl (C=O) groups excluding carboxylic acids is 1. The standard InChI is InChI=1S/C17H21N7O.ClH/c25-17(6-9-24-16-5-2-1-4-15(16)20-22-24)19-11-13-10-14-12-18-7-3-8-23(14)21-13;/h1-2,4-5,10,18H,3,6-9,11-12H2,(H,19,25);1H. The van der Waals surface area contributed by atoms with Gasteiger partial charge in [-0.2, -0.15) is 5.10 Å². The molecular weight excluding hydrogens is 354 g/mol. The van der Waals surface area contributed by atoms with E-state index in [1.165, 1.54) is 5.69 Å². The minimum absolute atomic E-state index is 0. The second-order valence-corrected chi connectivity index (χ2v) is 6.21. The van der Waals surface area contributed by atoms with Gasteiger partial charge in [0.15, 0.2) is 0 Å². The lowest BCUT2D eigenvalue weighted by Gasteiger charge is -2.04. The van der Waals surface area contributed by atoms with Gasteiger partial charge >= 0.3 is 0 Å². The zero-order chi connectivity index (χ0) is 17.1. The van der Waals surface area contributed by atoms with E-state index in [1.54, 1.807) is 4.68 Å². The highest BCUT2D eigenvalue weighted by molar-refractivity contribution is 5.85. The summed E-state index contributed by atoms with van der Waals surface area (Å²) in [6.45, 7) is 3.75. The molecule has 3 aromatic rings. The maximum absolute atomic E-state index is 12.1. The minimum Gasteiger partial charge on any atom is -0.350 e. The van der Waals surface area contributed by atoms with Crippen LogP contribution in [0.15, 0.2) is 30.3 Å². The number of nitrogens with zero attached hydrogens (tertiary/aromatic N) is 5. The number of para-hydroxylation sites is 1. The first-order valence-corrected chi connectivity index (χ1v) is 8.61. The zero-order valence-electron chi connectivity index (χ0n) is 14.4. The lowest BCUT2D eigenvalue weighted by atomic mass is 10.3. The molecule has 0 radical (unpaired) electrons. The molecule has 4 rings (SSSR count). The number of aromatic nitrogens is 5. The van der Waals surface area contributed by atoms with Crippen molar-refractivity contribution in [2.75, 3.05) is 6.54 Å². The summed E-state index contributed by atoms with van der Waals surface area (Å²) in [5.74, 6) is -0.0131. The molecule has 1 aromatic carbocycles. The van der Waals surface area contributed by atoms with E-state index >= 15 is 0 Å². The van der Waals surface area contributed by atoms with Gasteiger partial charge in [-0.3, -0.25) is 9.48 Å². The largest absolute Gasteiger partial charge is 0.350 e. The number of hydrogen-bond donors (Lipinski definition) is 2. The van der Waals surface area contributed by atoms with Crippen molar-refractivity contribution in [3.05, 3.63) is 41.7 Å². The molecule has 1 aliphatic rings. The first kappa shape index (κ1) is 18.3. The third-order valence-corrected chi connectivity index (χ3v) is 4.38. The van der Waals surface area contributed by atoms with Crippen molar-refractivity contribution >= 4 is 29.3 Å². The summed E-state index contributed by atoms with van der Waals surface area (Å²) in [6, 6.07) is 9.80. The first-order chi connectivity index (χ1) is 12.3. The molecule has 0 saturated carbocycles. The van der Waals surface area contributed by atoms with Crippen LogP contribution < -0.4 is 10.6 Å². The highest BCUT2D eigenvalue weighted by Gasteiger charge is 2.12. The van der Waals surface area contributed by atoms with E-state index in [1.807, 2.05) is 28.9 Å². The van der Waals surface area contributed by atoms with Crippen LogP contribution in [0.25, 0.3) is 11.0 Å². The van der Waals surface area contributed by atoms with Crippen molar-refractivity contribution in [1.82, 2.24) is 35.4 Å². The Morgan fingerprint density at radius 3 is 3.12 bits per heavy atom. The number of hydrogen-bond acceptors (Lipinski definition) is 5. The van der Waals surface area contributed by atoms with Crippen LogP contribution in [0, 0.1) is 0 Å². The Hall–Kier alpha value is -2.45. The molecule has 9 heteroatoms. The summed E-state index contributed by atoms with van der Waals surface area (Å²) in [7, 11) is 0. The monoisotopic (exact) mass is 375 g/mol. The molecule has 0 spiro atoms. The number of nitrogens with one attached hydrogen (secondary N) is 2. The molecule has 0 unspecified atom stereocenters. The van der Waals surface area contributed by atoms with Gasteiger partial charge in [-0.05, 0) is 31.2 Å². The highest BCUT2D eigenvalue weighted by atomic mass is 35.5. The molecule has 1 aliphatic heterocycles. The Morgan fingerprint density at radius 2 is 2.19 bits per heavy atom. The predicted octanol–water partition coefficient (Wildman–Crippen LogP) is 1.25. The summed E-state index contributed by atoms with van der Waals surface area (Å²) in [5.41, 5.74) is 3.87. The van der Waals surface area contributed by atoms with E-state index in [-0.39, 0.29) is 18.3 Å². The van der Waals surface area contributed by atoms with Crippen LogP contribution in [0.2, 0.25) is 0 Å². The molecule has 0 bridgehead atoms. The fraction of sp³-hybridized carbons (Fsp3) is 0.412. The van der Waals surface area contributed by atoms with E-state index in [9.17, 15) is 4.79 Å². The van der Waals surface area contributed by atoms with Crippen LogP contribution in [0.1, 0.15) is 24.2 Å². The van der Waals surface area contributed by atoms with Crippen molar-refractivity contribution in [2.45, 2.75) is 39.0 Å². The van der Waals surface area contributed by atoms with Gasteiger partial charge in [-0.15, -0.1) is 17.5 Å². The summed E-state index contributed by atoms with van der Waals surface area (Å²) < 4.78 is 3.79. The molecule has 0 aliphatic carbocycles. The molecule has 0 saturated heterocycles. The molecule has 2 aromatic heterocycles. The smallest absolute Gasteiger partial charge is 0.222 e. The molecule has 138 valence electrons. The fourth-order valence-corrected chi connectivity index (χ4v) is 3.08. The van der Waals surface area contributed by atoms with Crippen LogP contribution >= 0.6 is 12.4 Å². The van der Waals surface area contributed by atoms with Crippen LogP contribution in [-0.2, 0) is 31.0 Å². The number of carbonyl (C=O) groups is 1. The van der Waals surface area contributed by atoms with E-state index < -0.39 is 0 Å². The highest BCUT2D eigenvalue weighted by Crippen LogP contribution is 2.10. The third-order valence-electron chi connectivity index (χ3n) is 4.38. The molecule has 2 N–H and O–H groups in total. The Balaban J connectivity index is 0.00000196. The van der Waals surface area contributed by atoms with Gasteiger partial charge in [0.2, 0.25) is 5.91 Å². The summed E-state index contributed by atoms with van der Waals surface area (Å²) in [6.07, 6.45) is 1.44. The summed E-state index contributed by atoms with van der Waals surface area (Å²) >= 11 is 0. The maximum Gasteiger partial charge on any atom is 0.222 e. The van der Waals surface area contributed by atoms with Crippen LogP contribution in [-0.4, -0.2) is 37.2 Å².